The maximum atomic E-state index is 12.9. The lowest BCUT2D eigenvalue weighted by molar-refractivity contribution is -0.124. The number of aliphatic hydroxyl groups excluding tert-OH is 1. The van der Waals surface area contributed by atoms with Gasteiger partial charge in [-0.25, -0.2) is 4.98 Å². The number of amides is 2. The fraction of sp³-hybridized carbons (Fsp3) is 0.607. The van der Waals surface area contributed by atoms with Gasteiger partial charge in [0.2, 0.25) is 5.91 Å². The molecule has 2 rings (SSSR count). The number of nitrogens with one attached hydrogen (secondary N) is 1. The molecule has 34 heavy (non-hydrogen) atoms. The normalized spacial score (nSPS) is 13.0. The van der Waals surface area contributed by atoms with E-state index in [2.05, 4.69) is 17.2 Å². The van der Waals surface area contributed by atoms with Gasteiger partial charge >= 0.3 is 0 Å². The van der Waals surface area contributed by atoms with Crippen molar-refractivity contribution in [3.63, 3.8) is 0 Å². The number of pyridine rings is 1. The second-order valence-corrected chi connectivity index (χ2v) is 9.38. The molecule has 6 nitrogen and oxygen atoms in total. The van der Waals surface area contributed by atoms with E-state index in [1.54, 1.807) is 19.1 Å². The van der Waals surface area contributed by atoms with Crippen LogP contribution < -0.4 is 11.1 Å². The van der Waals surface area contributed by atoms with Crippen LogP contribution in [0.3, 0.4) is 0 Å². The Morgan fingerprint density at radius 2 is 1.50 bits per heavy atom. The van der Waals surface area contributed by atoms with E-state index in [1.165, 1.54) is 64.2 Å². The summed E-state index contributed by atoms with van der Waals surface area (Å²) in [6, 6.07) is 9.03. The molecule has 0 spiro atoms. The van der Waals surface area contributed by atoms with Crippen LogP contribution in [0.25, 0.3) is 10.8 Å². The lowest BCUT2D eigenvalue weighted by atomic mass is 9.95. The van der Waals surface area contributed by atoms with E-state index in [0.717, 1.165) is 18.2 Å². The van der Waals surface area contributed by atoms with Gasteiger partial charge in [0.1, 0.15) is 11.6 Å². The van der Waals surface area contributed by atoms with Crippen molar-refractivity contribution in [2.75, 3.05) is 6.54 Å². The number of unbranched alkanes of at least 4 members (excludes halogenated alkanes) is 11. The van der Waals surface area contributed by atoms with Gasteiger partial charge in [-0.3, -0.25) is 9.59 Å². The number of fused-ring (bicyclic) bond motifs is 1. The first kappa shape index (κ1) is 27.8. The first-order valence-corrected chi connectivity index (χ1v) is 13.1. The summed E-state index contributed by atoms with van der Waals surface area (Å²) in [5.74, 6) is -1.80. The quantitative estimate of drug-likeness (QED) is 0.262. The standard InChI is InChI=1S/C28H43N3O3/c1-3-4-5-6-7-8-9-10-11-12-13-16-19-30-28(34)25(21(2)32)24-20-22-17-14-15-18-23(22)26(31-24)27(29)33/h14-15,17-18,20-21,25,32H,3-13,16,19H2,1-2H3,(H2,29,33)(H,30,34)/t21-,25-/m1/s1. The molecule has 0 aliphatic carbocycles. The molecule has 1 aromatic carbocycles. The lowest BCUT2D eigenvalue weighted by Gasteiger charge is -2.20. The van der Waals surface area contributed by atoms with E-state index in [0.29, 0.717) is 17.6 Å². The van der Waals surface area contributed by atoms with Crippen LogP contribution in [0.4, 0.5) is 0 Å². The van der Waals surface area contributed by atoms with Crippen LogP contribution in [0.1, 0.15) is 113 Å². The highest BCUT2D eigenvalue weighted by Gasteiger charge is 2.28. The van der Waals surface area contributed by atoms with Gasteiger partial charge in [-0.2, -0.15) is 0 Å². The Labute approximate surface area is 204 Å². The third-order valence-corrected chi connectivity index (χ3v) is 6.41. The monoisotopic (exact) mass is 469 g/mol. The zero-order valence-corrected chi connectivity index (χ0v) is 21.0. The second kappa shape index (κ2) is 15.4. The minimum absolute atomic E-state index is 0.118. The van der Waals surface area contributed by atoms with Gasteiger partial charge in [-0.1, -0.05) is 102 Å². The molecular weight excluding hydrogens is 426 g/mol. The van der Waals surface area contributed by atoms with Crippen LogP contribution in [-0.2, 0) is 4.79 Å². The van der Waals surface area contributed by atoms with Crippen molar-refractivity contribution < 1.29 is 14.7 Å². The highest BCUT2D eigenvalue weighted by Crippen LogP contribution is 2.25. The molecule has 0 aliphatic heterocycles. The summed E-state index contributed by atoms with van der Waals surface area (Å²) in [4.78, 5) is 29.2. The van der Waals surface area contributed by atoms with Gasteiger partial charge in [0.15, 0.2) is 0 Å². The lowest BCUT2D eigenvalue weighted by Crippen LogP contribution is -2.36. The van der Waals surface area contributed by atoms with E-state index in [1.807, 2.05) is 18.2 Å². The maximum Gasteiger partial charge on any atom is 0.267 e. The number of rotatable bonds is 17. The fourth-order valence-corrected chi connectivity index (χ4v) is 4.45. The maximum absolute atomic E-state index is 12.9. The number of benzene rings is 1. The molecule has 0 bridgehead atoms. The molecular formula is C28H43N3O3. The van der Waals surface area contributed by atoms with Gasteiger partial charge < -0.3 is 16.2 Å². The third-order valence-electron chi connectivity index (χ3n) is 6.41. The van der Waals surface area contributed by atoms with Crippen molar-refractivity contribution in [2.45, 2.75) is 103 Å². The molecule has 0 aliphatic rings. The molecule has 2 amide bonds. The highest BCUT2D eigenvalue weighted by molar-refractivity contribution is 6.05. The Hall–Kier alpha value is -2.47. The van der Waals surface area contributed by atoms with Crippen LogP contribution in [0.2, 0.25) is 0 Å². The number of hydrogen-bond donors (Lipinski definition) is 3. The van der Waals surface area contributed by atoms with E-state index >= 15 is 0 Å². The molecule has 6 heteroatoms. The fourth-order valence-electron chi connectivity index (χ4n) is 4.45. The highest BCUT2D eigenvalue weighted by atomic mass is 16.3. The molecule has 2 atom stereocenters. The summed E-state index contributed by atoms with van der Waals surface area (Å²) < 4.78 is 0. The van der Waals surface area contributed by atoms with Gasteiger partial charge in [0, 0.05) is 11.9 Å². The molecule has 2 aromatic rings. The first-order chi connectivity index (χ1) is 16.5. The minimum Gasteiger partial charge on any atom is -0.392 e. The van der Waals surface area contributed by atoms with Crippen LogP contribution in [0.15, 0.2) is 30.3 Å². The molecule has 188 valence electrons. The number of carbonyl (C=O) groups excluding carboxylic acids is 2. The number of nitrogens with two attached hydrogens (primary N) is 1. The average Bonchev–Trinajstić information content (AvgIpc) is 2.81. The molecule has 1 aromatic heterocycles. The molecule has 1 heterocycles. The van der Waals surface area contributed by atoms with E-state index in [4.69, 9.17) is 5.73 Å². The van der Waals surface area contributed by atoms with E-state index in [-0.39, 0.29) is 11.6 Å². The summed E-state index contributed by atoms with van der Waals surface area (Å²) >= 11 is 0. The summed E-state index contributed by atoms with van der Waals surface area (Å²) in [6.45, 7) is 4.38. The second-order valence-electron chi connectivity index (χ2n) is 9.38. The van der Waals surface area contributed by atoms with Crippen LogP contribution in [0.5, 0.6) is 0 Å². The van der Waals surface area contributed by atoms with Crippen LogP contribution in [0, 0.1) is 0 Å². The molecule has 0 saturated carbocycles. The van der Waals surface area contributed by atoms with Crippen LogP contribution >= 0.6 is 0 Å². The molecule has 0 saturated heterocycles. The van der Waals surface area contributed by atoms with E-state index < -0.39 is 17.9 Å². The topological polar surface area (TPSA) is 105 Å². The van der Waals surface area contributed by atoms with Crippen molar-refractivity contribution >= 4 is 22.6 Å². The van der Waals surface area contributed by atoms with Crippen molar-refractivity contribution in [2.24, 2.45) is 5.73 Å². The van der Waals surface area contributed by atoms with Crippen LogP contribution in [-0.4, -0.2) is 34.6 Å². The Morgan fingerprint density at radius 1 is 0.941 bits per heavy atom. The number of primary amides is 1. The van der Waals surface area contributed by atoms with Gasteiger partial charge in [-0.05, 0) is 24.8 Å². The van der Waals surface area contributed by atoms with Gasteiger partial charge in [0.05, 0.1) is 11.8 Å². The molecule has 0 fully saturated rings. The number of nitrogens with zero attached hydrogens (tertiary/aromatic N) is 1. The predicted octanol–water partition coefficient (Wildman–Crippen LogP) is 5.62. The van der Waals surface area contributed by atoms with E-state index in [9.17, 15) is 14.7 Å². The van der Waals surface area contributed by atoms with Crippen molar-refractivity contribution in [3.05, 3.63) is 41.7 Å². The summed E-state index contributed by atoms with van der Waals surface area (Å²) in [5.41, 5.74) is 6.00. The average molecular weight is 470 g/mol. The summed E-state index contributed by atoms with van der Waals surface area (Å²) in [7, 11) is 0. The third kappa shape index (κ3) is 9.05. The molecule has 4 N–H and O–H groups in total. The Morgan fingerprint density at radius 3 is 2.06 bits per heavy atom. The summed E-state index contributed by atoms with van der Waals surface area (Å²) in [6.07, 6.45) is 14.2. The zero-order valence-electron chi connectivity index (χ0n) is 21.0. The number of carbonyl (C=O) groups is 2. The number of hydrogen-bond acceptors (Lipinski definition) is 4. The summed E-state index contributed by atoms with van der Waals surface area (Å²) in [5, 5.41) is 14.7. The minimum atomic E-state index is -0.948. The Kier molecular flexibility index (Phi) is 12.6. The van der Waals surface area contributed by atoms with Crippen molar-refractivity contribution in [1.29, 1.82) is 0 Å². The number of aromatic nitrogens is 1. The largest absolute Gasteiger partial charge is 0.392 e. The van der Waals surface area contributed by atoms with Crippen molar-refractivity contribution in [3.8, 4) is 0 Å². The predicted molar refractivity (Wildman–Crippen MR) is 139 cm³/mol. The molecule has 0 radical (unpaired) electrons. The Balaban J connectivity index is 1.76. The number of aliphatic hydroxyl groups is 1. The Bertz CT molecular complexity index is 898. The smallest absolute Gasteiger partial charge is 0.267 e. The van der Waals surface area contributed by atoms with Gasteiger partial charge in [0.25, 0.3) is 5.91 Å². The van der Waals surface area contributed by atoms with Crippen molar-refractivity contribution in [1.82, 2.24) is 10.3 Å². The van der Waals surface area contributed by atoms with Gasteiger partial charge in [-0.15, -0.1) is 0 Å². The SMILES string of the molecule is CCCCCCCCCCCCCCNC(=O)[C@@H](c1cc2ccccc2c(C(N)=O)n1)[C@@H](C)O. The zero-order chi connectivity index (χ0) is 24.8. The first-order valence-electron chi connectivity index (χ1n) is 13.1. The molecule has 0 unspecified atom stereocenters.